The monoisotopic (exact) mass is 238 g/mol. The molecule has 1 saturated carbocycles. The minimum absolute atomic E-state index is 0.0612. The summed E-state index contributed by atoms with van der Waals surface area (Å²) in [6, 6.07) is 0. The summed E-state index contributed by atoms with van der Waals surface area (Å²) in [5.41, 5.74) is -0.0612. The van der Waals surface area contributed by atoms with Crippen molar-refractivity contribution < 1.29 is 9.84 Å². The van der Waals surface area contributed by atoms with Gasteiger partial charge in [0.05, 0.1) is 18.5 Å². The van der Waals surface area contributed by atoms with Gasteiger partial charge < -0.3 is 9.84 Å². The van der Waals surface area contributed by atoms with Crippen LogP contribution in [0.25, 0.3) is 0 Å². The van der Waals surface area contributed by atoms with Crippen LogP contribution >= 0.6 is 0 Å². The second-order valence-electron chi connectivity index (χ2n) is 4.83. The van der Waals surface area contributed by atoms with Gasteiger partial charge in [0, 0.05) is 18.4 Å². The molecule has 0 amide bonds. The molecular weight excluding hydrogens is 216 g/mol. The molecule has 17 heavy (non-hydrogen) atoms. The van der Waals surface area contributed by atoms with Gasteiger partial charge >= 0.3 is 0 Å². The summed E-state index contributed by atoms with van der Waals surface area (Å²) < 4.78 is 7.81. The first-order valence-corrected chi connectivity index (χ1v) is 6.53. The van der Waals surface area contributed by atoms with Gasteiger partial charge in [0.25, 0.3) is 0 Å². The molecule has 2 rings (SSSR count). The van der Waals surface area contributed by atoms with Gasteiger partial charge in [0.1, 0.15) is 6.10 Å². The van der Waals surface area contributed by atoms with Crippen LogP contribution in [-0.4, -0.2) is 27.1 Å². The van der Waals surface area contributed by atoms with E-state index in [9.17, 15) is 5.11 Å². The Balaban J connectivity index is 2.04. The third-order valence-electron chi connectivity index (χ3n) is 4.27. The molecule has 2 unspecified atom stereocenters. The van der Waals surface area contributed by atoms with Crippen molar-refractivity contribution in [1.29, 1.82) is 0 Å². The molecule has 1 aliphatic rings. The zero-order valence-corrected chi connectivity index (χ0v) is 10.9. The molecule has 4 nitrogen and oxygen atoms in total. The Morgan fingerprint density at radius 3 is 2.65 bits per heavy atom. The van der Waals surface area contributed by atoms with E-state index in [1.54, 1.807) is 6.20 Å². The SMILES string of the molecule is CCn1cc(OC2CC(O)C2(CC)CC)cn1. The molecule has 0 saturated heterocycles. The number of aryl methyl sites for hydroxylation is 1. The molecule has 1 aromatic rings. The van der Waals surface area contributed by atoms with Gasteiger partial charge in [-0.1, -0.05) is 13.8 Å². The number of nitrogens with zero attached hydrogens (tertiary/aromatic N) is 2. The number of rotatable bonds is 5. The van der Waals surface area contributed by atoms with E-state index in [1.807, 2.05) is 17.8 Å². The zero-order chi connectivity index (χ0) is 12.5. The van der Waals surface area contributed by atoms with E-state index >= 15 is 0 Å². The van der Waals surface area contributed by atoms with Gasteiger partial charge in [0.15, 0.2) is 5.75 Å². The molecule has 1 aliphatic carbocycles. The predicted octanol–water partition coefficient (Wildman–Crippen LogP) is 2.22. The summed E-state index contributed by atoms with van der Waals surface area (Å²) in [5, 5.41) is 14.2. The molecule has 2 atom stereocenters. The van der Waals surface area contributed by atoms with Gasteiger partial charge in [0.2, 0.25) is 0 Å². The number of hydrogen-bond donors (Lipinski definition) is 1. The second kappa shape index (κ2) is 4.69. The van der Waals surface area contributed by atoms with Crippen LogP contribution < -0.4 is 4.74 Å². The normalized spacial score (nSPS) is 26.6. The Kier molecular flexibility index (Phi) is 3.43. The molecule has 1 heterocycles. The Morgan fingerprint density at radius 1 is 1.47 bits per heavy atom. The minimum Gasteiger partial charge on any atom is -0.486 e. The third-order valence-corrected chi connectivity index (χ3v) is 4.27. The van der Waals surface area contributed by atoms with Crippen molar-refractivity contribution in [3.05, 3.63) is 12.4 Å². The van der Waals surface area contributed by atoms with Crippen molar-refractivity contribution in [3.63, 3.8) is 0 Å². The van der Waals surface area contributed by atoms with E-state index in [1.165, 1.54) is 0 Å². The van der Waals surface area contributed by atoms with Gasteiger partial charge in [-0.25, -0.2) is 0 Å². The topological polar surface area (TPSA) is 47.3 Å². The molecule has 1 N–H and O–H groups in total. The van der Waals surface area contributed by atoms with Crippen molar-refractivity contribution in [2.45, 2.75) is 58.8 Å². The van der Waals surface area contributed by atoms with Gasteiger partial charge in [-0.05, 0) is 19.8 Å². The Morgan fingerprint density at radius 2 is 2.18 bits per heavy atom. The number of hydrogen-bond acceptors (Lipinski definition) is 3. The van der Waals surface area contributed by atoms with Crippen LogP contribution in [0.5, 0.6) is 5.75 Å². The summed E-state index contributed by atoms with van der Waals surface area (Å²) >= 11 is 0. The maximum absolute atomic E-state index is 9.96. The number of ether oxygens (including phenoxy) is 1. The molecule has 0 spiro atoms. The number of aliphatic hydroxyl groups excluding tert-OH is 1. The van der Waals surface area contributed by atoms with Crippen molar-refractivity contribution >= 4 is 0 Å². The molecule has 0 aliphatic heterocycles. The quantitative estimate of drug-likeness (QED) is 0.855. The fourth-order valence-corrected chi connectivity index (χ4v) is 2.81. The summed E-state index contributed by atoms with van der Waals surface area (Å²) in [6.07, 6.45) is 6.23. The van der Waals surface area contributed by atoms with E-state index in [2.05, 4.69) is 18.9 Å². The van der Waals surface area contributed by atoms with Crippen molar-refractivity contribution in [3.8, 4) is 5.75 Å². The molecule has 0 bridgehead atoms. The highest BCUT2D eigenvalue weighted by Gasteiger charge is 2.53. The highest BCUT2D eigenvalue weighted by Crippen LogP contribution is 2.48. The first-order valence-electron chi connectivity index (χ1n) is 6.53. The fourth-order valence-electron chi connectivity index (χ4n) is 2.81. The highest BCUT2D eigenvalue weighted by molar-refractivity contribution is 5.15. The lowest BCUT2D eigenvalue weighted by Gasteiger charge is -2.52. The lowest BCUT2D eigenvalue weighted by molar-refractivity contribution is -0.159. The van der Waals surface area contributed by atoms with Crippen molar-refractivity contribution in [1.82, 2.24) is 9.78 Å². The Labute approximate surface area is 103 Å². The number of aliphatic hydroxyl groups is 1. The highest BCUT2D eigenvalue weighted by atomic mass is 16.5. The Bertz CT molecular complexity index is 371. The molecule has 4 heteroatoms. The van der Waals surface area contributed by atoms with Crippen molar-refractivity contribution in [2.24, 2.45) is 5.41 Å². The van der Waals surface area contributed by atoms with Crippen LogP contribution in [0.15, 0.2) is 12.4 Å². The predicted molar refractivity (Wildman–Crippen MR) is 66.0 cm³/mol. The molecule has 1 fully saturated rings. The first kappa shape index (κ1) is 12.4. The molecule has 0 aromatic carbocycles. The van der Waals surface area contributed by atoms with E-state index in [0.29, 0.717) is 0 Å². The van der Waals surface area contributed by atoms with E-state index in [0.717, 1.165) is 31.6 Å². The van der Waals surface area contributed by atoms with Gasteiger partial charge in [-0.15, -0.1) is 0 Å². The zero-order valence-electron chi connectivity index (χ0n) is 10.9. The van der Waals surface area contributed by atoms with Crippen LogP contribution in [0, 0.1) is 5.41 Å². The largest absolute Gasteiger partial charge is 0.486 e. The number of aromatic nitrogens is 2. The molecular formula is C13H22N2O2. The van der Waals surface area contributed by atoms with Crippen LogP contribution in [0.2, 0.25) is 0 Å². The maximum atomic E-state index is 9.96. The smallest absolute Gasteiger partial charge is 0.157 e. The molecule has 1 aromatic heterocycles. The van der Waals surface area contributed by atoms with Gasteiger partial charge in [-0.2, -0.15) is 5.10 Å². The van der Waals surface area contributed by atoms with Crippen molar-refractivity contribution in [2.75, 3.05) is 0 Å². The second-order valence-corrected chi connectivity index (χ2v) is 4.83. The van der Waals surface area contributed by atoms with Crippen LogP contribution in [-0.2, 0) is 6.54 Å². The van der Waals surface area contributed by atoms with Crippen LogP contribution in [0.4, 0.5) is 0 Å². The molecule has 0 radical (unpaired) electrons. The molecule has 96 valence electrons. The minimum atomic E-state index is -0.219. The third kappa shape index (κ3) is 1.95. The van der Waals surface area contributed by atoms with E-state index in [-0.39, 0.29) is 17.6 Å². The Hall–Kier alpha value is -1.03. The summed E-state index contributed by atoms with van der Waals surface area (Å²) in [7, 11) is 0. The van der Waals surface area contributed by atoms with E-state index < -0.39 is 0 Å². The summed E-state index contributed by atoms with van der Waals surface area (Å²) in [6.45, 7) is 7.14. The van der Waals surface area contributed by atoms with Crippen LogP contribution in [0.3, 0.4) is 0 Å². The standard InChI is InChI=1S/C13H22N2O2/c1-4-13(5-2)11(16)7-12(13)17-10-8-14-15(6-3)9-10/h8-9,11-12,16H,4-7H2,1-3H3. The summed E-state index contributed by atoms with van der Waals surface area (Å²) in [5.74, 6) is 0.815. The lowest BCUT2D eigenvalue weighted by Crippen LogP contribution is -2.59. The first-order chi connectivity index (χ1) is 8.16. The summed E-state index contributed by atoms with van der Waals surface area (Å²) in [4.78, 5) is 0. The lowest BCUT2D eigenvalue weighted by atomic mass is 9.60. The average Bonchev–Trinajstić information content (AvgIpc) is 2.78. The fraction of sp³-hybridized carbons (Fsp3) is 0.769. The maximum Gasteiger partial charge on any atom is 0.157 e. The van der Waals surface area contributed by atoms with E-state index in [4.69, 9.17) is 4.74 Å². The van der Waals surface area contributed by atoms with Crippen LogP contribution in [0.1, 0.15) is 40.0 Å². The average molecular weight is 238 g/mol. The van der Waals surface area contributed by atoms with Gasteiger partial charge in [-0.3, -0.25) is 4.68 Å².